The van der Waals surface area contributed by atoms with E-state index in [1.807, 2.05) is 41.5 Å². The summed E-state index contributed by atoms with van der Waals surface area (Å²) in [5, 5.41) is 0. The Bertz CT molecular complexity index is 502. The molecule has 0 amide bonds. The molecule has 1 aromatic rings. The normalized spacial score (nSPS) is 12.0. The van der Waals surface area contributed by atoms with Gasteiger partial charge in [-0.05, 0) is 60.6 Å². The van der Waals surface area contributed by atoms with Crippen molar-refractivity contribution in [2.75, 3.05) is 12.3 Å². The molecule has 2 N–H and O–H groups in total. The summed E-state index contributed by atoms with van der Waals surface area (Å²) in [7, 11) is 0. The molecule has 1 rings (SSSR count). The quantitative estimate of drug-likeness (QED) is 0.676. The molecule has 0 atom stereocenters. The van der Waals surface area contributed by atoms with E-state index < -0.39 is 17.2 Å². The van der Waals surface area contributed by atoms with Crippen molar-refractivity contribution in [2.45, 2.75) is 59.7 Å². The van der Waals surface area contributed by atoms with E-state index in [-0.39, 0.29) is 0 Å². The lowest BCUT2D eigenvalue weighted by molar-refractivity contribution is 0.0522. The van der Waals surface area contributed by atoms with Crippen LogP contribution in [0.25, 0.3) is 0 Å². The van der Waals surface area contributed by atoms with Crippen LogP contribution in [0, 0.1) is 0 Å². The highest BCUT2D eigenvalue weighted by Gasteiger charge is 2.22. The largest absolute Gasteiger partial charge is 0.486 e. The number of anilines is 1. The summed E-state index contributed by atoms with van der Waals surface area (Å²) >= 11 is 0. The van der Waals surface area contributed by atoms with Gasteiger partial charge in [-0.3, -0.25) is 0 Å². The van der Waals surface area contributed by atoms with Crippen LogP contribution in [-0.2, 0) is 4.74 Å². The summed E-state index contributed by atoms with van der Waals surface area (Å²) in [6, 6.07) is 3.18. The molecular formula is C17H27NO4. The number of esters is 1. The van der Waals surface area contributed by atoms with Gasteiger partial charge < -0.3 is 19.9 Å². The number of hydrogen-bond donors (Lipinski definition) is 1. The van der Waals surface area contributed by atoms with Crippen LogP contribution in [0.5, 0.6) is 11.5 Å². The van der Waals surface area contributed by atoms with Crippen molar-refractivity contribution in [2.24, 2.45) is 0 Å². The first-order chi connectivity index (χ1) is 9.93. The SMILES string of the molecule is CCOC(=O)c1cc(OC(C)(C)C)c(N)c(OC(C)(C)C)c1. The third-order valence-electron chi connectivity index (χ3n) is 2.45. The van der Waals surface area contributed by atoms with Gasteiger partial charge in [-0.15, -0.1) is 0 Å². The Morgan fingerprint density at radius 3 is 1.73 bits per heavy atom. The predicted molar refractivity (Wildman–Crippen MR) is 87.6 cm³/mol. The predicted octanol–water partition coefficient (Wildman–Crippen LogP) is 3.80. The Balaban J connectivity index is 3.33. The monoisotopic (exact) mass is 309 g/mol. The molecule has 5 nitrogen and oxygen atoms in total. The zero-order valence-corrected chi connectivity index (χ0v) is 14.6. The number of nitrogen functional groups attached to an aromatic ring is 1. The molecule has 0 aromatic heterocycles. The van der Waals surface area contributed by atoms with Crippen molar-refractivity contribution in [3.05, 3.63) is 17.7 Å². The van der Waals surface area contributed by atoms with Gasteiger partial charge in [0.05, 0.1) is 12.2 Å². The maximum absolute atomic E-state index is 12.0. The Hall–Kier alpha value is -1.91. The van der Waals surface area contributed by atoms with Gasteiger partial charge >= 0.3 is 5.97 Å². The summed E-state index contributed by atoms with van der Waals surface area (Å²) in [5.41, 5.74) is 5.98. The maximum Gasteiger partial charge on any atom is 0.338 e. The van der Waals surface area contributed by atoms with Gasteiger partial charge in [0.1, 0.15) is 28.4 Å². The first kappa shape index (κ1) is 18.1. The highest BCUT2D eigenvalue weighted by Crippen LogP contribution is 2.37. The Morgan fingerprint density at radius 1 is 1.00 bits per heavy atom. The van der Waals surface area contributed by atoms with Gasteiger partial charge in [0.15, 0.2) is 0 Å². The summed E-state index contributed by atoms with van der Waals surface area (Å²) in [5.74, 6) is 0.398. The highest BCUT2D eigenvalue weighted by atomic mass is 16.5. The number of benzene rings is 1. The van der Waals surface area contributed by atoms with E-state index in [4.69, 9.17) is 19.9 Å². The summed E-state index contributed by atoms with van der Waals surface area (Å²) in [4.78, 5) is 12.0. The molecule has 0 aliphatic heterocycles. The lowest BCUT2D eigenvalue weighted by Crippen LogP contribution is -2.26. The summed E-state index contributed by atoms with van der Waals surface area (Å²) < 4.78 is 16.7. The lowest BCUT2D eigenvalue weighted by atomic mass is 10.1. The molecule has 0 spiro atoms. The van der Waals surface area contributed by atoms with Crippen molar-refractivity contribution in [3.8, 4) is 11.5 Å². The molecule has 0 heterocycles. The topological polar surface area (TPSA) is 70.8 Å². The molecular weight excluding hydrogens is 282 g/mol. The number of ether oxygens (including phenoxy) is 3. The minimum absolute atomic E-state index is 0.300. The molecule has 0 saturated heterocycles. The number of nitrogens with two attached hydrogens (primary N) is 1. The van der Waals surface area contributed by atoms with E-state index in [2.05, 4.69) is 0 Å². The fourth-order valence-electron chi connectivity index (χ4n) is 1.76. The van der Waals surface area contributed by atoms with Gasteiger partial charge in [0.2, 0.25) is 0 Å². The number of hydrogen-bond acceptors (Lipinski definition) is 5. The number of rotatable bonds is 4. The van der Waals surface area contributed by atoms with E-state index in [1.165, 1.54) is 0 Å². The smallest absolute Gasteiger partial charge is 0.338 e. The van der Waals surface area contributed by atoms with Crippen LogP contribution in [0.2, 0.25) is 0 Å². The second kappa shape index (κ2) is 6.46. The molecule has 0 fully saturated rings. The Labute approximate surface area is 132 Å². The van der Waals surface area contributed by atoms with Crippen LogP contribution in [0.4, 0.5) is 5.69 Å². The van der Waals surface area contributed by atoms with Crippen LogP contribution >= 0.6 is 0 Å². The fourth-order valence-corrected chi connectivity index (χ4v) is 1.76. The standard InChI is InChI=1S/C17H27NO4/c1-8-20-15(19)11-9-12(21-16(2,3)4)14(18)13(10-11)22-17(5,6)7/h9-10H,8,18H2,1-7H3. The first-order valence-corrected chi connectivity index (χ1v) is 7.41. The molecule has 0 radical (unpaired) electrons. The van der Waals surface area contributed by atoms with Gasteiger partial charge in [-0.25, -0.2) is 4.79 Å². The molecule has 5 heteroatoms. The molecule has 1 aromatic carbocycles. The number of carbonyl (C=O) groups is 1. The second-order valence-corrected chi connectivity index (χ2v) is 7.04. The zero-order chi connectivity index (χ0) is 17.1. The number of carbonyl (C=O) groups excluding carboxylic acids is 1. The van der Waals surface area contributed by atoms with E-state index in [9.17, 15) is 4.79 Å². The third-order valence-corrected chi connectivity index (χ3v) is 2.45. The molecule has 124 valence electrons. The molecule has 0 bridgehead atoms. The lowest BCUT2D eigenvalue weighted by Gasteiger charge is -2.26. The van der Waals surface area contributed by atoms with Gasteiger partial charge in [-0.1, -0.05) is 0 Å². The Kier molecular flexibility index (Phi) is 5.33. The molecule has 0 unspecified atom stereocenters. The van der Waals surface area contributed by atoms with Gasteiger partial charge in [-0.2, -0.15) is 0 Å². The minimum Gasteiger partial charge on any atom is -0.486 e. The average molecular weight is 309 g/mol. The van der Waals surface area contributed by atoms with Crippen molar-refractivity contribution < 1.29 is 19.0 Å². The van der Waals surface area contributed by atoms with E-state index in [1.54, 1.807) is 19.1 Å². The van der Waals surface area contributed by atoms with Gasteiger partial charge in [0.25, 0.3) is 0 Å². The summed E-state index contributed by atoms with van der Waals surface area (Å²) in [6.07, 6.45) is 0. The maximum atomic E-state index is 12.0. The van der Waals surface area contributed by atoms with Crippen LogP contribution in [-0.4, -0.2) is 23.8 Å². The molecule has 0 saturated carbocycles. The average Bonchev–Trinajstić information content (AvgIpc) is 2.30. The van der Waals surface area contributed by atoms with Crippen molar-refractivity contribution in [1.82, 2.24) is 0 Å². The van der Waals surface area contributed by atoms with E-state index in [0.29, 0.717) is 29.4 Å². The third kappa shape index (κ3) is 5.47. The molecule has 22 heavy (non-hydrogen) atoms. The van der Waals surface area contributed by atoms with Crippen LogP contribution < -0.4 is 15.2 Å². The molecule has 0 aliphatic carbocycles. The van der Waals surface area contributed by atoms with Crippen LogP contribution in [0.3, 0.4) is 0 Å². The fraction of sp³-hybridized carbons (Fsp3) is 0.588. The van der Waals surface area contributed by atoms with Crippen molar-refractivity contribution >= 4 is 11.7 Å². The summed E-state index contributed by atoms with van der Waals surface area (Å²) in [6.45, 7) is 13.5. The Morgan fingerprint density at radius 2 is 1.41 bits per heavy atom. The zero-order valence-electron chi connectivity index (χ0n) is 14.6. The van der Waals surface area contributed by atoms with E-state index >= 15 is 0 Å². The van der Waals surface area contributed by atoms with E-state index in [0.717, 1.165) is 0 Å². The van der Waals surface area contributed by atoms with Crippen molar-refractivity contribution in [3.63, 3.8) is 0 Å². The molecule has 0 aliphatic rings. The van der Waals surface area contributed by atoms with Crippen molar-refractivity contribution in [1.29, 1.82) is 0 Å². The van der Waals surface area contributed by atoms with Crippen LogP contribution in [0.15, 0.2) is 12.1 Å². The minimum atomic E-state index is -0.444. The second-order valence-electron chi connectivity index (χ2n) is 7.04. The van der Waals surface area contributed by atoms with Gasteiger partial charge in [0, 0.05) is 0 Å². The highest BCUT2D eigenvalue weighted by molar-refractivity contribution is 5.92. The first-order valence-electron chi connectivity index (χ1n) is 7.41. The van der Waals surface area contributed by atoms with Crippen LogP contribution in [0.1, 0.15) is 58.8 Å².